The van der Waals surface area contributed by atoms with Gasteiger partial charge in [-0.1, -0.05) is 5.16 Å². The molecule has 0 bridgehead atoms. The van der Waals surface area contributed by atoms with Crippen LogP contribution in [0.1, 0.15) is 10.5 Å². The molecule has 0 aliphatic carbocycles. The van der Waals surface area contributed by atoms with Crippen LogP contribution in [0.15, 0.2) is 33.7 Å². The van der Waals surface area contributed by atoms with E-state index in [0.717, 1.165) is 4.57 Å². The average molecular weight is 298 g/mol. The zero-order valence-corrected chi connectivity index (χ0v) is 10.6. The lowest BCUT2D eigenvalue weighted by Gasteiger charge is -2.06. The van der Waals surface area contributed by atoms with E-state index in [1.54, 1.807) is 0 Å². The van der Waals surface area contributed by atoms with Crippen molar-refractivity contribution in [2.45, 2.75) is 6.54 Å². The first-order valence-electron chi connectivity index (χ1n) is 5.32. The van der Waals surface area contributed by atoms with Crippen LogP contribution in [-0.2, 0) is 11.3 Å². The summed E-state index contributed by atoms with van der Waals surface area (Å²) in [6.07, 6.45) is 1.30. The third kappa shape index (κ3) is 3.04. The van der Waals surface area contributed by atoms with Crippen molar-refractivity contribution in [2.24, 2.45) is 0 Å². The molecule has 20 heavy (non-hydrogen) atoms. The van der Waals surface area contributed by atoms with Crippen molar-refractivity contribution < 1.29 is 19.2 Å². The highest BCUT2D eigenvalue weighted by Gasteiger charge is 2.14. The predicted octanol–water partition coefficient (Wildman–Crippen LogP) is 0.827. The molecular formula is C11H8ClN3O5. The molecule has 0 fully saturated rings. The Morgan fingerprint density at radius 2 is 2.25 bits per heavy atom. The molecule has 2 heterocycles. The van der Waals surface area contributed by atoms with Crippen LogP contribution < -0.4 is 10.9 Å². The summed E-state index contributed by atoms with van der Waals surface area (Å²) in [6.45, 7) is -0.502. The molecule has 0 unspecified atom stereocenters. The number of aromatic nitrogens is 2. The Morgan fingerprint density at radius 3 is 2.85 bits per heavy atom. The number of pyridine rings is 1. The highest BCUT2D eigenvalue weighted by atomic mass is 35.5. The quantitative estimate of drug-likeness (QED) is 0.863. The minimum atomic E-state index is -1.17. The lowest BCUT2D eigenvalue weighted by atomic mass is 10.3. The van der Waals surface area contributed by atoms with E-state index in [0.29, 0.717) is 0 Å². The van der Waals surface area contributed by atoms with Crippen LogP contribution >= 0.6 is 11.6 Å². The minimum absolute atomic E-state index is 0.0634. The fourth-order valence-corrected chi connectivity index (χ4v) is 1.59. The first-order chi connectivity index (χ1) is 9.47. The van der Waals surface area contributed by atoms with Crippen molar-refractivity contribution >= 4 is 29.2 Å². The summed E-state index contributed by atoms with van der Waals surface area (Å²) in [5.41, 5.74) is -0.807. The van der Waals surface area contributed by atoms with Crippen LogP contribution in [0.5, 0.6) is 0 Å². The van der Waals surface area contributed by atoms with Crippen LogP contribution in [0.25, 0.3) is 0 Å². The number of nitrogens with one attached hydrogen (secondary N) is 1. The minimum Gasteiger partial charge on any atom is -0.480 e. The molecule has 2 aromatic heterocycles. The zero-order chi connectivity index (χ0) is 14.7. The lowest BCUT2D eigenvalue weighted by Crippen LogP contribution is -2.27. The molecule has 0 saturated carbocycles. The van der Waals surface area contributed by atoms with Crippen molar-refractivity contribution in [1.29, 1.82) is 0 Å². The van der Waals surface area contributed by atoms with E-state index >= 15 is 0 Å². The Balaban J connectivity index is 2.24. The van der Waals surface area contributed by atoms with E-state index in [9.17, 15) is 14.4 Å². The Hall–Kier alpha value is -2.61. The molecule has 2 aromatic rings. The van der Waals surface area contributed by atoms with Crippen molar-refractivity contribution in [3.8, 4) is 0 Å². The first kappa shape index (κ1) is 13.8. The Labute approximate surface area is 116 Å². The molecule has 0 aromatic carbocycles. The van der Waals surface area contributed by atoms with Gasteiger partial charge in [0.05, 0.1) is 0 Å². The van der Waals surface area contributed by atoms with E-state index in [1.165, 1.54) is 24.4 Å². The molecule has 0 aliphatic heterocycles. The Morgan fingerprint density at radius 1 is 1.50 bits per heavy atom. The largest absolute Gasteiger partial charge is 0.480 e. The van der Waals surface area contributed by atoms with Gasteiger partial charge in [0.1, 0.15) is 12.2 Å². The molecule has 2 N–H and O–H groups in total. The van der Waals surface area contributed by atoms with Crippen molar-refractivity contribution in [1.82, 2.24) is 9.72 Å². The van der Waals surface area contributed by atoms with Gasteiger partial charge < -0.3 is 19.5 Å². The molecule has 0 aliphatic rings. The van der Waals surface area contributed by atoms with Crippen LogP contribution in [-0.4, -0.2) is 26.7 Å². The van der Waals surface area contributed by atoms with Gasteiger partial charge in [0, 0.05) is 12.3 Å². The van der Waals surface area contributed by atoms with E-state index in [4.69, 9.17) is 16.7 Å². The van der Waals surface area contributed by atoms with Gasteiger partial charge in [0.15, 0.2) is 5.69 Å². The SMILES string of the molecule is O=C(O)Cn1cccc(NC(=O)c2cc(Cl)on2)c1=O. The highest BCUT2D eigenvalue weighted by molar-refractivity contribution is 6.29. The van der Waals surface area contributed by atoms with E-state index in [-0.39, 0.29) is 16.6 Å². The molecule has 0 atom stereocenters. The summed E-state index contributed by atoms with van der Waals surface area (Å²) in [5.74, 6) is -1.86. The number of rotatable bonds is 4. The topological polar surface area (TPSA) is 114 Å². The molecule has 0 saturated heterocycles. The molecule has 104 valence electrons. The Kier molecular flexibility index (Phi) is 3.85. The van der Waals surface area contributed by atoms with Crippen LogP contribution in [0.3, 0.4) is 0 Å². The van der Waals surface area contributed by atoms with Gasteiger partial charge in [-0.05, 0) is 23.7 Å². The number of amides is 1. The summed E-state index contributed by atoms with van der Waals surface area (Å²) >= 11 is 5.48. The number of carbonyl (C=O) groups excluding carboxylic acids is 1. The number of aliphatic carboxylic acids is 1. The van der Waals surface area contributed by atoms with Crippen molar-refractivity contribution in [3.63, 3.8) is 0 Å². The van der Waals surface area contributed by atoms with Gasteiger partial charge in [0.25, 0.3) is 11.5 Å². The van der Waals surface area contributed by atoms with Gasteiger partial charge in [-0.2, -0.15) is 0 Å². The molecule has 1 amide bonds. The van der Waals surface area contributed by atoms with Gasteiger partial charge in [0.2, 0.25) is 5.22 Å². The third-order valence-electron chi connectivity index (χ3n) is 2.29. The van der Waals surface area contributed by atoms with Gasteiger partial charge in [-0.15, -0.1) is 0 Å². The number of hydrogen-bond acceptors (Lipinski definition) is 5. The number of carboxylic acid groups (broad SMARTS) is 1. The van der Waals surface area contributed by atoms with Crippen LogP contribution in [0.4, 0.5) is 5.69 Å². The second kappa shape index (κ2) is 5.57. The third-order valence-corrected chi connectivity index (χ3v) is 2.47. The first-order valence-corrected chi connectivity index (χ1v) is 5.70. The maximum atomic E-state index is 11.9. The normalized spacial score (nSPS) is 10.2. The summed E-state index contributed by atoms with van der Waals surface area (Å²) < 4.78 is 5.48. The monoisotopic (exact) mass is 297 g/mol. The number of anilines is 1. The smallest absolute Gasteiger partial charge is 0.323 e. The van der Waals surface area contributed by atoms with E-state index in [1.807, 2.05) is 0 Å². The predicted molar refractivity (Wildman–Crippen MR) is 67.8 cm³/mol. The number of carbonyl (C=O) groups is 2. The molecule has 2 rings (SSSR count). The number of hydrogen-bond donors (Lipinski definition) is 2. The van der Waals surface area contributed by atoms with Gasteiger partial charge >= 0.3 is 5.97 Å². The summed E-state index contributed by atoms with van der Waals surface area (Å²) in [6, 6.07) is 3.98. The number of halogens is 1. The summed E-state index contributed by atoms with van der Waals surface area (Å²) in [7, 11) is 0. The van der Waals surface area contributed by atoms with E-state index < -0.39 is 24.0 Å². The summed E-state index contributed by atoms with van der Waals surface area (Å²) in [4.78, 5) is 34.2. The fraction of sp³-hybridized carbons (Fsp3) is 0.0909. The molecular weight excluding hydrogens is 290 g/mol. The molecule has 8 nitrogen and oxygen atoms in total. The van der Waals surface area contributed by atoms with Gasteiger partial charge in [-0.3, -0.25) is 14.4 Å². The maximum absolute atomic E-state index is 11.9. The van der Waals surface area contributed by atoms with Crippen molar-refractivity contribution in [3.05, 3.63) is 45.7 Å². The van der Waals surface area contributed by atoms with Crippen LogP contribution in [0, 0.1) is 0 Å². The molecule has 0 radical (unpaired) electrons. The Bertz CT molecular complexity index is 721. The summed E-state index contributed by atoms with van der Waals surface area (Å²) in [5, 5.41) is 14.3. The van der Waals surface area contributed by atoms with Gasteiger partial charge in [-0.25, -0.2) is 0 Å². The fourth-order valence-electron chi connectivity index (χ4n) is 1.45. The van der Waals surface area contributed by atoms with E-state index in [2.05, 4.69) is 15.0 Å². The number of nitrogens with zero attached hydrogens (tertiary/aromatic N) is 2. The van der Waals surface area contributed by atoms with Crippen molar-refractivity contribution in [2.75, 3.05) is 5.32 Å². The average Bonchev–Trinajstić information content (AvgIpc) is 2.80. The highest BCUT2D eigenvalue weighted by Crippen LogP contribution is 2.10. The molecule has 9 heteroatoms. The number of carboxylic acids is 1. The maximum Gasteiger partial charge on any atom is 0.323 e. The second-order valence-electron chi connectivity index (χ2n) is 3.72. The zero-order valence-electron chi connectivity index (χ0n) is 9.87. The molecule has 0 spiro atoms. The standard InChI is InChI=1S/C11H8ClN3O5/c12-8-4-7(14-20-8)10(18)13-6-2-1-3-15(11(6)19)5-9(16)17/h1-4H,5H2,(H,13,18)(H,16,17). The lowest BCUT2D eigenvalue weighted by molar-refractivity contribution is -0.137. The second-order valence-corrected chi connectivity index (χ2v) is 4.09. The van der Waals surface area contributed by atoms with Crippen LogP contribution in [0.2, 0.25) is 5.22 Å².